The third-order valence-electron chi connectivity index (χ3n) is 4.16. The lowest BCUT2D eigenvalue weighted by Crippen LogP contribution is -2.26. The van der Waals surface area contributed by atoms with Crippen LogP contribution >= 0.6 is 0 Å². The fraction of sp³-hybridized carbons (Fsp3) is 0.577. The second kappa shape index (κ2) is 22.4. The molecule has 0 radical (unpaired) electrons. The molecule has 0 aliphatic rings. The van der Waals surface area contributed by atoms with E-state index in [0.29, 0.717) is 19.6 Å². The van der Waals surface area contributed by atoms with Crippen LogP contribution in [0, 0.1) is 0 Å². The zero-order valence-corrected chi connectivity index (χ0v) is 18.9. The highest BCUT2D eigenvalue weighted by Crippen LogP contribution is 2.05. The lowest BCUT2D eigenvalue weighted by Gasteiger charge is -2.14. The molecule has 0 saturated carbocycles. The van der Waals surface area contributed by atoms with E-state index in [9.17, 15) is 4.79 Å². The van der Waals surface area contributed by atoms with E-state index in [0.717, 1.165) is 51.4 Å². The number of esters is 1. The van der Waals surface area contributed by atoms with Gasteiger partial charge in [0.1, 0.15) is 0 Å². The number of ether oxygens (including phenoxy) is 2. The highest BCUT2D eigenvalue weighted by Gasteiger charge is 2.17. The molecule has 0 aliphatic carbocycles. The third kappa shape index (κ3) is 19.2. The molecule has 3 nitrogen and oxygen atoms in total. The molecule has 0 amide bonds. The molecule has 0 aliphatic heterocycles. The van der Waals surface area contributed by atoms with E-state index in [4.69, 9.17) is 9.47 Å². The fourth-order valence-electron chi connectivity index (χ4n) is 2.55. The van der Waals surface area contributed by atoms with E-state index in [1.165, 1.54) is 0 Å². The smallest absolute Gasteiger partial charge is 0.335 e. The van der Waals surface area contributed by atoms with Gasteiger partial charge in [0.2, 0.25) is 0 Å². The van der Waals surface area contributed by atoms with Crippen molar-refractivity contribution in [2.24, 2.45) is 0 Å². The van der Waals surface area contributed by atoms with E-state index < -0.39 is 6.10 Å². The second-order valence-electron chi connectivity index (χ2n) is 6.72. The van der Waals surface area contributed by atoms with Gasteiger partial charge in [-0.1, -0.05) is 74.6 Å². The Kier molecular flexibility index (Phi) is 21.0. The van der Waals surface area contributed by atoms with Gasteiger partial charge in [-0.15, -0.1) is 0 Å². The number of carbonyl (C=O) groups is 1. The van der Waals surface area contributed by atoms with Crippen molar-refractivity contribution in [3.63, 3.8) is 0 Å². The highest BCUT2D eigenvalue weighted by molar-refractivity contribution is 5.74. The Bertz CT molecular complexity index is 512. The molecule has 1 atom stereocenters. The van der Waals surface area contributed by atoms with Gasteiger partial charge in [-0.05, 0) is 64.7 Å². The van der Waals surface area contributed by atoms with Gasteiger partial charge in [0.25, 0.3) is 0 Å². The minimum absolute atomic E-state index is 0.243. The van der Waals surface area contributed by atoms with Crippen LogP contribution in [0.15, 0.2) is 60.8 Å². The molecule has 29 heavy (non-hydrogen) atoms. The largest absolute Gasteiger partial charge is 0.464 e. The van der Waals surface area contributed by atoms with Crippen LogP contribution < -0.4 is 0 Å². The number of hydrogen-bond acceptors (Lipinski definition) is 3. The summed E-state index contributed by atoms with van der Waals surface area (Å²) in [7, 11) is 0. The number of rotatable bonds is 18. The van der Waals surface area contributed by atoms with Gasteiger partial charge in [0.15, 0.2) is 6.10 Å². The quantitative estimate of drug-likeness (QED) is 0.137. The van der Waals surface area contributed by atoms with Crippen molar-refractivity contribution in [2.45, 2.75) is 84.7 Å². The van der Waals surface area contributed by atoms with E-state index in [1.807, 2.05) is 13.8 Å². The zero-order valence-electron chi connectivity index (χ0n) is 18.9. The van der Waals surface area contributed by atoms with Crippen molar-refractivity contribution in [2.75, 3.05) is 13.2 Å². The average molecular weight is 403 g/mol. The van der Waals surface area contributed by atoms with E-state index in [1.54, 1.807) is 0 Å². The highest BCUT2D eigenvalue weighted by atomic mass is 16.6. The summed E-state index contributed by atoms with van der Waals surface area (Å²) in [6.07, 6.45) is 30.6. The van der Waals surface area contributed by atoms with Crippen LogP contribution in [0.3, 0.4) is 0 Å². The van der Waals surface area contributed by atoms with E-state index in [-0.39, 0.29) is 5.97 Å². The molecule has 0 rings (SSSR count). The fourth-order valence-corrected chi connectivity index (χ4v) is 2.55. The first-order valence-corrected chi connectivity index (χ1v) is 11.3. The molecule has 164 valence electrons. The Hall–Kier alpha value is -1.87. The molecule has 0 aromatic carbocycles. The minimum Gasteiger partial charge on any atom is -0.464 e. The number of unbranched alkanes of at least 4 members (excludes halogenated alkanes) is 2. The van der Waals surface area contributed by atoms with Crippen molar-refractivity contribution in [3.05, 3.63) is 60.8 Å². The molecule has 0 aromatic rings. The zero-order chi connectivity index (χ0) is 21.4. The summed E-state index contributed by atoms with van der Waals surface area (Å²) in [5.41, 5.74) is 0. The van der Waals surface area contributed by atoms with Crippen molar-refractivity contribution in [3.8, 4) is 0 Å². The third-order valence-corrected chi connectivity index (χ3v) is 4.16. The molecule has 0 fully saturated rings. The summed E-state index contributed by atoms with van der Waals surface area (Å²) in [4.78, 5) is 11.6. The van der Waals surface area contributed by atoms with Crippen LogP contribution in [0.4, 0.5) is 0 Å². The Morgan fingerprint density at radius 2 is 1.24 bits per heavy atom. The van der Waals surface area contributed by atoms with Gasteiger partial charge in [-0.25, -0.2) is 4.79 Å². The number of carbonyl (C=O) groups excluding carboxylic acids is 1. The SMILES string of the molecule is CC/C=C\C/C=C\C/C=C\C/C=C\C/C=C\CCCCOC(CC)C(=O)OCC. The van der Waals surface area contributed by atoms with Crippen LogP contribution in [0.2, 0.25) is 0 Å². The van der Waals surface area contributed by atoms with Crippen LogP contribution in [-0.4, -0.2) is 25.3 Å². The van der Waals surface area contributed by atoms with Crippen molar-refractivity contribution < 1.29 is 14.3 Å². The van der Waals surface area contributed by atoms with Crippen LogP contribution in [0.5, 0.6) is 0 Å². The maximum Gasteiger partial charge on any atom is 0.335 e. The summed E-state index contributed by atoms with van der Waals surface area (Å²) in [6.45, 7) is 6.93. The molecule has 0 saturated heterocycles. The summed E-state index contributed by atoms with van der Waals surface area (Å²) >= 11 is 0. The molecular formula is C26H42O3. The lowest BCUT2D eigenvalue weighted by atomic mass is 10.2. The molecular weight excluding hydrogens is 360 g/mol. The van der Waals surface area contributed by atoms with Gasteiger partial charge in [-0.2, -0.15) is 0 Å². The first-order valence-electron chi connectivity index (χ1n) is 11.3. The molecule has 0 bridgehead atoms. The Labute approximate surface area is 179 Å². The molecule has 1 unspecified atom stereocenters. The topological polar surface area (TPSA) is 35.5 Å². The second-order valence-corrected chi connectivity index (χ2v) is 6.72. The molecule has 0 spiro atoms. The van der Waals surface area contributed by atoms with Crippen LogP contribution in [0.25, 0.3) is 0 Å². The van der Waals surface area contributed by atoms with Gasteiger partial charge in [-0.3, -0.25) is 0 Å². The predicted molar refractivity (Wildman–Crippen MR) is 125 cm³/mol. The summed E-state index contributed by atoms with van der Waals surface area (Å²) < 4.78 is 10.6. The predicted octanol–water partition coefficient (Wildman–Crippen LogP) is 7.27. The standard InChI is InChI=1S/C26H42O3/c1-4-7-8-9-10-11-12-13-14-15-16-17-18-19-20-21-22-23-24-29-25(5-2)26(27)28-6-3/h7-8,10-11,13-14,16-17,19-20,25H,4-6,9,12,15,18,21-24H2,1-3H3/b8-7-,11-10-,14-13-,17-16-,20-19-. The van der Waals surface area contributed by atoms with Crippen LogP contribution in [-0.2, 0) is 14.3 Å². The van der Waals surface area contributed by atoms with E-state index >= 15 is 0 Å². The lowest BCUT2D eigenvalue weighted by molar-refractivity contribution is -0.157. The normalized spacial score (nSPS) is 13.6. The van der Waals surface area contributed by atoms with Crippen LogP contribution in [0.1, 0.15) is 78.6 Å². The van der Waals surface area contributed by atoms with Gasteiger partial charge < -0.3 is 9.47 Å². The Morgan fingerprint density at radius 3 is 1.72 bits per heavy atom. The van der Waals surface area contributed by atoms with Crippen molar-refractivity contribution >= 4 is 5.97 Å². The Balaban J connectivity index is 3.58. The van der Waals surface area contributed by atoms with Gasteiger partial charge in [0.05, 0.1) is 6.61 Å². The van der Waals surface area contributed by atoms with Gasteiger partial charge >= 0.3 is 5.97 Å². The molecule has 0 heterocycles. The summed E-state index contributed by atoms with van der Waals surface area (Å²) in [5.74, 6) is -0.243. The van der Waals surface area contributed by atoms with Crippen molar-refractivity contribution in [1.29, 1.82) is 0 Å². The Morgan fingerprint density at radius 1 is 0.724 bits per heavy atom. The summed E-state index contributed by atoms with van der Waals surface area (Å²) in [6, 6.07) is 0. The first kappa shape index (κ1) is 27.1. The molecule has 0 aromatic heterocycles. The molecule has 3 heteroatoms. The number of hydrogen-bond donors (Lipinski definition) is 0. The summed E-state index contributed by atoms with van der Waals surface area (Å²) in [5, 5.41) is 0. The average Bonchev–Trinajstić information content (AvgIpc) is 2.72. The monoisotopic (exact) mass is 402 g/mol. The molecule has 0 N–H and O–H groups in total. The number of allylic oxidation sites excluding steroid dienone is 10. The van der Waals surface area contributed by atoms with E-state index in [2.05, 4.69) is 67.7 Å². The van der Waals surface area contributed by atoms with Gasteiger partial charge in [0, 0.05) is 6.61 Å². The minimum atomic E-state index is -0.413. The maximum atomic E-state index is 11.6. The first-order chi connectivity index (χ1) is 14.3. The van der Waals surface area contributed by atoms with Crippen molar-refractivity contribution in [1.82, 2.24) is 0 Å². The maximum absolute atomic E-state index is 11.6.